The van der Waals surface area contributed by atoms with Crippen molar-refractivity contribution < 1.29 is 4.79 Å². The van der Waals surface area contributed by atoms with E-state index >= 15 is 0 Å². The summed E-state index contributed by atoms with van der Waals surface area (Å²) in [7, 11) is 1.92. The number of amides is 1. The number of halogens is 1. The molecule has 1 aromatic rings. The van der Waals surface area contributed by atoms with Crippen molar-refractivity contribution in [2.75, 3.05) is 18.5 Å². The van der Waals surface area contributed by atoms with Crippen LogP contribution in [0.25, 0.3) is 0 Å². The standard InChI is InChI=1S/C15H18BrN3O/c1-11-8-10-19(13-6-4-3-5-12(13)16)15(20)14(7-9-17)18(11)2/h3-6,11,14H,7-8,10H2,1-2H3. The van der Waals surface area contributed by atoms with Crippen LogP contribution in [0.5, 0.6) is 0 Å². The van der Waals surface area contributed by atoms with Crippen molar-refractivity contribution in [3.63, 3.8) is 0 Å². The Morgan fingerprint density at radius 1 is 1.45 bits per heavy atom. The van der Waals surface area contributed by atoms with E-state index in [-0.39, 0.29) is 24.4 Å². The van der Waals surface area contributed by atoms with Gasteiger partial charge in [0.1, 0.15) is 6.04 Å². The third kappa shape index (κ3) is 2.87. The molecule has 1 saturated heterocycles. The van der Waals surface area contributed by atoms with Gasteiger partial charge in [-0.05, 0) is 48.5 Å². The lowest BCUT2D eigenvalue weighted by Gasteiger charge is -2.29. The molecule has 2 unspecified atom stereocenters. The summed E-state index contributed by atoms with van der Waals surface area (Å²) in [6, 6.07) is 9.76. The van der Waals surface area contributed by atoms with E-state index in [1.165, 1.54) is 0 Å². The lowest BCUT2D eigenvalue weighted by Crippen LogP contribution is -2.46. The van der Waals surface area contributed by atoms with Gasteiger partial charge in [-0.3, -0.25) is 9.69 Å². The van der Waals surface area contributed by atoms with Gasteiger partial charge in [-0.25, -0.2) is 0 Å². The molecule has 0 bridgehead atoms. The van der Waals surface area contributed by atoms with Crippen LogP contribution in [0.4, 0.5) is 5.69 Å². The van der Waals surface area contributed by atoms with Crippen molar-refractivity contribution in [2.45, 2.75) is 31.8 Å². The summed E-state index contributed by atoms with van der Waals surface area (Å²) in [5.74, 6) is 0.00491. The van der Waals surface area contributed by atoms with Crippen LogP contribution in [-0.2, 0) is 4.79 Å². The molecule has 1 aliphatic rings. The number of nitrogens with zero attached hydrogens (tertiary/aromatic N) is 3. The largest absolute Gasteiger partial charge is 0.310 e. The number of hydrogen-bond donors (Lipinski definition) is 0. The van der Waals surface area contributed by atoms with Crippen molar-refractivity contribution >= 4 is 27.5 Å². The Balaban J connectivity index is 2.37. The van der Waals surface area contributed by atoms with Crippen molar-refractivity contribution in [3.8, 4) is 6.07 Å². The number of anilines is 1. The molecule has 1 fully saturated rings. The van der Waals surface area contributed by atoms with Crippen molar-refractivity contribution in [2.24, 2.45) is 0 Å². The molecule has 1 heterocycles. The van der Waals surface area contributed by atoms with Gasteiger partial charge in [-0.2, -0.15) is 5.26 Å². The fourth-order valence-electron chi connectivity index (χ4n) is 2.52. The zero-order chi connectivity index (χ0) is 14.7. The SMILES string of the molecule is CC1CCN(c2ccccc2Br)C(=O)C(CC#N)N1C. The monoisotopic (exact) mass is 335 g/mol. The zero-order valence-corrected chi connectivity index (χ0v) is 13.3. The van der Waals surface area contributed by atoms with Gasteiger partial charge in [0.15, 0.2) is 0 Å². The molecule has 5 heteroatoms. The van der Waals surface area contributed by atoms with E-state index in [1.807, 2.05) is 36.2 Å². The molecular weight excluding hydrogens is 318 g/mol. The second-order valence-corrected chi connectivity index (χ2v) is 5.98. The maximum Gasteiger partial charge on any atom is 0.245 e. The first kappa shape index (κ1) is 15.0. The Morgan fingerprint density at radius 3 is 2.80 bits per heavy atom. The van der Waals surface area contributed by atoms with E-state index in [4.69, 9.17) is 5.26 Å². The topological polar surface area (TPSA) is 47.3 Å². The fourth-order valence-corrected chi connectivity index (χ4v) is 3.02. The van der Waals surface area contributed by atoms with E-state index in [0.29, 0.717) is 6.54 Å². The summed E-state index contributed by atoms with van der Waals surface area (Å²) in [5, 5.41) is 8.99. The molecule has 0 spiro atoms. The van der Waals surface area contributed by atoms with Crippen molar-refractivity contribution in [1.82, 2.24) is 4.90 Å². The summed E-state index contributed by atoms with van der Waals surface area (Å²) in [5.41, 5.74) is 0.878. The van der Waals surface area contributed by atoms with Gasteiger partial charge >= 0.3 is 0 Å². The smallest absolute Gasteiger partial charge is 0.245 e. The van der Waals surface area contributed by atoms with Crippen LogP contribution < -0.4 is 4.90 Å². The van der Waals surface area contributed by atoms with Gasteiger partial charge < -0.3 is 4.90 Å². The van der Waals surface area contributed by atoms with E-state index < -0.39 is 0 Å². The number of hydrogen-bond acceptors (Lipinski definition) is 3. The lowest BCUT2D eigenvalue weighted by molar-refractivity contribution is -0.123. The van der Waals surface area contributed by atoms with E-state index in [1.54, 1.807) is 4.90 Å². The molecule has 2 atom stereocenters. The van der Waals surface area contributed by atoms with Crippen LogP contribution in [0, 0.1) is 11.3 Å². The molecule has 106 valence electrons. The van der Waals surface area contributed by atoms with Crippen molar-refractivity contribution in [1.29, 1.82) is 5.26 Å². The van der Waals surface area contributed by atoms with Gasteiger partial charge in [-0.15, -0.1) is 0 Å². The molecule has 1 aromatic carbocycles. The Bertz CT molecular complexity index is 540. The highest BCUT2D eigenvalue weighted by atomic mass is 79.9. The number of carbonyl (C=O) groups excluding carboxylic acids is 1. The first-order chi connectivity index (χ1) is 9.56. The molecule has 0 N–H and O–H groups in total. The predicted molar refractivity (Wildman–Crippen MR) is 82.4 cm³/mol. The third-order valence-electron chi connectivity index (χ3n) is 3.94. The third-order valence-corrected chi connectivity index (χ3v) is 4.61. The molecule has 2 rings (SSSR count). The van der Waals surface area contributed by atoms with E-state index in [0.717, 1.165) is 16.6 Å². The number of carbonyl (C=O) groups is 1. The molecule has 1 amide bonds. The van der Waals surface area contributed by atoms with Crippen molar-refractivity contribution in [3.05, 3.63) is 28.7 Å². The molecule has 4 nitrogen and oxygen atoms in total. The van der Waals surface area contributed by atoms with Crippen LogP contribution in [-0.4, -0.2) is 36.5 Å². The summed E-state index contributed by atoms with van der Waals surface area (Å²) in [4.78, 5) is 16.6. The van der Waals surface area contributed by atoms with Gasteiger partial charge in [0, 0.05) is 17.1 Å². The van der Waals surface area contributed by atoms with Crippen LogP contribution >= 0.6 is 15.9 Å². The van der Waals surface area contributed by atoms with Gasteiger partial charge in [0.2, 0.25) is 5.91 Å². The molecule has 0 radical (unpaired) electrons. The Hall–Kier alpha value is -1.38. The maximum atomic E-state index is 12.8. The van der Waals surface area contributed by atoms with E-state index in [2.05, 4.69) is 28.9 Å². The molecule has 20 heavy (non-hydrogen) atoms. The molecule has 0 aromatic heterocycles. The van der Waals surface area contributed by atoms with E-state index in [9.17, 15) is 4.79 Å². The molecule has 0 aliphatic carbocycles. The Kier molecular flexibility index (Phi) is 4.79. The minimum atomic E-state index is -0.371. The summed E-state index contributed by atoms with van der Waals surface area (Å²) in [6.07, 6.45) is 1.12. The van der Waals surface area contributed by atoms with Gasteiger partial charge in [0.05, 0.1) is 18.2 Å². The highest BCUT2D eigenvalue weighted by Gasteiger charge is 2.34. The average Bonchev–Trinajstić information content (AvgIpc) is 2.54. The second-order valence-electron chi connectivity index (χ2n) is 5.12. The predicted octanol–water partition coefficient (Wildman–Crippen LogP) is 2.79. The minimum Gasteiger partial charge on any atom is -0.310 e. The van der Waals surface area contributed by atoms with Gasteiger partial charge in [0.25, 0.3) is 0 Å². The van der Waals surface area contributed by atoms with Crippen LogP contribution in [0.1, 0.15) is 19.8 Å². The zero-order valence-electron chi connectivity index (χ0n) is 11.7. The first-order valence-electron chi connectivity index (χ1n) is 6.71. The number of para-hydroxylation sites is 1. The lowest BCUT2D eigenvalue weighted by atomic mass is 10.1. The van der Waals surface area contributed by atoms with Gasteiger partial charge in [-0.1, -0.05) is 12.1 Å². The first-order valence-corrected chi connectivity index (χ1v) is 7.50. The molecule has 0 saturated carbocycles. The Labute approximate surface area is 128 Å². The molecular formula is C15H18BrN3O. The number of likely N-dealkylation sites (N-methyl/N-ethyl adjacent to an activating group) is 1. The Morgan fingerprint density at radius 2 is 2.15 bits per heavy atom. The van der Waals surface area contributed by atoms with Crippen LogP contribution in [0.2, 0.25) is 0 Å². The number of nitriles is 1. The quantitative estimate of drug-likeness (QED) is 0.834. The van der Waals surface area contributed by atoms with Crippen LogP contribution in [0.15, 0.2) is 28.7 Å². The summed E-state index contributed by atoms with van der Waals surface area (Å²) >= 11 is 3.50. The maximum absolute atomic E-state index is 12.8. The summed E-state index contributed by atoms with van der Waals surface area (Å²) < 4.78 is 0.904. The molecule has 1 aliphatic heterocycles. The number of benzene rings is 1. The minimum absolute atomic E-state index is 0.00491. The average molecular weight is 336 g/mol. The van der Waals surface area contributed by atoms with Crippen LogP contribution in [0.3, 0.4) is 0 Å². The highest BCUT2D eigenvalue weighted by Crippen LogP contribution is 2.29. The second kappa shape index (κ2) is 6.38. The number of rotatable bonds is 2. The highest BCUT2D eigenvalue weighted by molar-refractivity contribution is 9.10. The normalized spacial score (nSPS) is 24.3. The fraction of sp³-hybridized carbons (Fsp3) is 0.467. The summed E-state index contributed by atoms with van der Waals surface area (Å²) in [6.45, 7) is 2.77.